The van der Waals surface area contributed by atoms with Crippen LogP contribution in [-0.4, -0.2) is 18.5 Å². The fourth-order valence-corrected chi connectivity index (χ4v) is 1.84. The van der Waals surface area contributed by atoms with Gasteiger partial charge in [0, 0.05) is 5.69 Å². The number of carboxylic acids is 1. The number of nitrogens with one attached hydrogen (secondary N) is 1. The van der Waals surface area contributed by atoms with E-state index in [0.717, 1.165) is 11.1 Å². The van der Waals surface area contributed by atoms with Crippen LogP contribution in [0.25, 0.3) is 0 Å². The van der Waals surface area contributed by atoms with Crippen molar-refractivity contribution >= 4 is 17.6 Å². The van der Waals surface area contributed by atoms with Gasteiger partial charge >= 0.3 is 0 Å². The molecule has 0 aliphatic heterocycles. The molecule has 0 fully saturated rings. The van der Waals surface area contributed by atoms with Crippen LogP contribution in [0, 0.1) is 13.8 Å². The monoisotopic (exact) mass is 298 g/mol. The number of amides is 1. The average molecular weight is 298 g/mol. The summed E-state index contributed by atoms with van der Waals surface area (Å²) in [5.74, 6) is -0.944. The minimum absolute atomic E-state index is 0.0596. The van der Waals surface area contributed by atoms with E-state index < -0.39 is 5.97 Å². The number of carboxylic acid groups (broad SMARTS) is 1. The zero-order valence-electron chi connectivity index (χ0n) is 12.4. The van der Waals surface area contributed by atoms with E-state index in [1.807, 2.05) is 32.0 Å². The zero-order valence-corrected chi connectivity index (χ0v) is 12.4. The Labute approximate surface area is 128 Å². The Morgan fingerprint density at radius 3 is 2.32 bits per heavy atom. The molecule has 5 heteroatoms. The van der Waals surface area contributed by atoms with Crippen molar-refractivity contribution in [2.45, 2.75) is 13.8 Å². The predicted molar refractivity (Wildman–Crippen MR) is 80.8 cm³/mol. The van der Waals surface area contributed by atoms with Crippen molar-refractivity contribution in [2.75, 3.05) is 11.9 Å². The molecule has 0 saturated heterocycles. The molecule has 2 aromatic carbocycles. The van der Waals surface area contributed by atoms with E-state index in [-0.39, 0.29) is 18.1 Å². The van der Waals surface area contributed by atoms with Gasteiger partial charge in [-0.1, -0.05) is 18.2 Å². The van der Waals surface area contributed by atoms with Crippen LogP contribution in [0.15, 0.2) is 42.5 Å². The van der Waals surface area contributed by atoms with E-state index in [2.05, 4.69) is 5.32 Å². The number of hydrogen-bond acceptors (Lipinski definition) is 4. The van der Waals surface area contributed by atoms with Crippen LogP contribution in [0.5, 0.6) is 5.75 Å². The highest BCUT2D eigenvalue weighted by Crippen LogP contribution is 2.16. The standard InChI is InChI=1S/C17H17NO4/c1-11-3-8-15(9-12(11)2)22-10-16(19)18-14-6-4-13(5-7-14)17(20)21/h3-9H,10H2,1-2H3,(H,18,19)(H,20,21)/p-1. The lowest BCUT2D eigenvalue weighted by Gasteiger charge is -2.09. The van der Waals surface area contributed by atoms with E-state index in [9.17, 15) is 14.7 Å². The van der Waals surface area contributed by atoms with Gasteiger partial charge in [0.1, 0.15) is 5.75 Å². The van der Waals surface area contributed by atoms with E-state index in [1.165, 1.54) is 24.3 Å². The third-order valence-electron chi connectivity index (χ3n) is 3.25. The molecule has 5 nitrogen and oxygen atoms in total. The summed E-state index contributed by atoms with van der Waals surface area (Å²) in [5.41, 5.74) is 2.81. The Hall–Kier alpha value is -2.82. The van der Waals surface area contributed by atoms with E-state index >= 15 is 0 Å². The van der Waals surface area contributed by atoms with Gasteiger partial charge in [-0.05, 0) is 54.8 Å². The van der Waals surface area contributed by atoms with Crippen LogP contribution in [0.1, 0.15) is 21.5 Å². The Morgan fingerprint density at radius 2 is 1.73 bits per heavy atom. The molecule has 0 radical (unpaired) electrons. The minimum atomic E-state index is -1.25. The number of hydrogen-bond donors (Lipinski definition) is 1. The maximum atomic E-state index is 11.8. The lowest BCUT2D eigenvalue weighted by atomic mass is 10.1. The lowest BCUT2D eigenvalue weighted by molar-refractivity contribution is -0.255. The molecule has 0 saturated carbocycles. The molecule has 22 heavy (non-hydrogen) atoms. The topological polar surface area (TPSA) is 78.5 Å². The summed E-state index contributed by atoms with van der Waals surface area (Å²) >= 11 is 0. The molecule has 2 aromatic rings. The first-order valence-corrected chi connectivity index (χ1v) is 6.77. The summed E-state index contributed by atoms with van der Waals surface area (Å²) in [6.07, 6.45) is 0. The molecule has 0 spiro atoms. The Morgan fingerprint density at radius 1 is 1.05 bits per heavy atom. The second-order valence-electron chi connectivity index (χ2n) is 4.95. The summed E-state index contributed by atoms with van der Waals surface area (Å²) in [7, 11) is 0. The largest absolute Gasteiger partial charge is 0.545 e. The molecule has 114 valence electrons. The van der Waals surface area contributed by atoms with Crippen LogP contribution in [0.3, 0.4) is 0 Å². The number of carbonyl (C=O) groups excluding carboxylic acids is 2. The van der Waals surface area contributed by atoms with Crippen LogP contribution >= 0.6 is 0 Å². The van der Waals surface area contributed by atoms with Crippen molar-refractivity contribution in [2.24, 2.45) is 0 Å². The molecule has 1 N–H and O–H groups in total. The number of ether oxygens (including phenoxy) is 1. The zero-order chi connectivity index (χ0) is 16.1. The van der Waals surface area contributed by atoms with Crippen molar-refractivity contribution in [1.82, 2.24) is 0 Å². The normalized spacial score (nSPS) is 10.1. The number of carbonyl (C=O) groups is 2. The molecule has 1 amide bonds. The van der Waals surface area contributed by atoms with Gasteiger partial charge in [-0.3, -0.25) is 4.79 Å². The van der Waals surface area contributed by atoms with Crippen molar-refractivity contribution in [1.29, 1.82) is 0 Å². The van der Waals surface area contributed by atoms with Crippen molar-refractivity contribution in [3.05, 3.63) is 59.2 Å². The molecule has 2 rings (SSSR count). The summed E-state index contributed by atoms with van der Waals surface area (Å²) < 4.78 is 5.42. The lowest BCUT2D eigenvalue weighted by Crippen LogP contribution is -2.22. The molecule has 0 heterocycles. The van der Waals surface area contributed by atoms with Gasteiger partial charge in [0.2, 0.25) is 0 Å². The quantitative estimate of drug-likeness (QED) is 0.911. The Bertz CT molecular complexity index is 692. The van der Waals surface area contributed by atoms with Crippen LogP contribution in [-0.2, 0) is 4.79 Å². The molecule has 0 aliphatic rings. The van der Waals surface area contributed by atoms with Gasteiger partial charge in [-0.25, -0.2) is 0 Å². The Kier molecular flexibility index (Phi) is 4.78. The Balaban J connectivity index is 1.89. The van der Waals surface area contributed by atoms with Gasteiger partial charge in [0.25, 0.3) is 5.91 Å². The first-order chi connectivity index (χ1) is 10.5. The summed E-state index contributed by atoms with van der Waals surface area (Å²) in [6.45, 7) is 3.86. The minimum Gasteiger partial charge on any atom is -0.545 e. The second kappa shape index (κ2) is 6.76. The summed E-state index contributed by atoms with van der Waals surface area (Å²) in [5, 5.41) is 13.3. The number of aromatic carboxylic acids is 1. The van der Waals surface area contributed by atoms with Crippen molar-refractivity contribution in [3.63, 3.8) is 0 Å². The highest BCUT2D eigenvalue weighted by Gasteiger charge is 2.05. The van der Waals surface area contributed by atoms with Crippen molar-refractivity contribution < 1.29 is 19.4 Å². The van der Waals surface area contributed by atoms with Gasteiger partial charge in [-0.2, -0.15) is 0 Å². The van der Waals surface area contributed by atoms with Gasteiger partial charge in [0.05, 0.1) is 5.97 Å². The molecule has 0 aromatic heterocycles. The van der Waals surface area contributed by atoms with E-state index in [1.54, 1.807) is 0 Å². The molecule has 0 unspecified atom stereocenters. The number of rotatable bonds is 5. The molecular weight excluding hydrogens is 282 g/mol. The fraction of sp³-hybridized carbons (Fsp3) is 0.176. The van der Waals surface area contributed by atoms with E-state index in [0.29, 0.717) is 11.4 Å². The summed E-state index contributed by atoms with van der Waals surface area (Å²) in [6, 6.07) is 11.4. The van der Waals surface area contributed by atoms with Crippen LogP contribution in [0.2, 0.25) is 0 Å². The van der Waals surface area contributed by atoms with Crippen LogP contribution < -0.4 is 15.2 Å². The molecule has 0 bridgehead atoms. The third kappa shape index (κ3) is 4.09. The second-order valence-corrected chi connectivity index (χ2v) is 4.95. The maximum Gasteiger partial charge on any atom is 0.262 e. The molecular formula is C17H16NO4-. The third-order valence-corrected chi connectivity index (χ3v) is 3.25. The SMILES string of the molecule is Cc1ccc(OCC(=O)Nc2ccc(C(=O)[O-])cc2)cc1C. The first-order valence-electron chi connectivity index (χ1n) is 6.77. The highest BCUT2D eigenvalue weighted by atomic mass is 16.5. The first kappa shape index (κ1) is 15.6. The number of benzene rings is 2. The average Bonchev–Trinajstić information content (AvgIpc) is 2.49. The van der Waals surface area contributed by atoms with Gasteiger partial charge in [0.15, 0.2) is 6.61 Å². The number of anilines is 1. The van der Waals surface area contributed by atoms with Crippen molar-refractivity contribution in [3.8, 4) is 5.75 Å². The molecule has 0 atom stereocenters. The van der Waals surface area contributed by atoms with E-state index in [4.69, 9.17) is 4.74 Å². The van der Waals surface area contributed by atoms with Gasteiger partial charge in [-0.15, -0.1) is 0 Å². The summed E-state index contributed by atoms with van der Waals surface area (Å²) in [4.78, 5) is 22.4. The van der Waals surface area contributed by atoms with Gasteiger partial charge < -0.3 is 20.0 Å². The molecule has 0 aliphatic carbocycles. The smallest absolute Gasteiger partial charge is 0.262 e. The predicted octanol–water partition coefficient (Wildman–Crippen LogP) is 1.68. The number of aryl methyl sites for hydroxylation is 2. The maximum absolute atomic E-state index is 11.8. The fourth-order valence-electron chi connectivity index (χ4n) is 1.84. The van der Waals surface area contributed by atoms with Crippen LogP contribution in [0.4, 0.5) is 5.69 Å². The highest BCUT2D eigenvalue weighted by molar-refractivity contribution is 5.93.